The molecule has 0 bridgehead atoms. The van der Waals surface area contributed by atoms with Gasteiger partial charge in [0.2, 0.25) is 0 Å². The SMILES string of the molecule is CC1CCc2cc(O)ccc2-c2ccccc21. The number of benzene rings is 2. The van der Waals surface area contributed by atoms with Crippen molar-refractivity contribution in [3.63, 3.8) is 0 Å². The van der Waals surface area contributed by atoms with E-state index in [-0.39, 0.29) is 0 Å². The Morgan fingerprint density at radius 2 is 1.88 bits per heavy atom. The Balaban J connectivity index is 2.26. The Labute approximate surface area is 102 Å². The molecule has 0 radical (unpaired) electrons. The molecule has 2 aromatic carbocycles. The first-order valence-corrected chi connectivity index (χ1v) is 6.17. The van der Waals surface area contributed by atoms with Crippen LogP contribution in [0.3, 0.4) is 0 Å². The number of fused-ring (bicyclic) bond motifs is 3. The lowest BCUT2D eigenvalue weighted by atomic mass is 9.93. The predicted molar refractivity (Wildman–Crippen MR) is 70.3 cm³/mol. The van der Waals surface area contributed by atoms with Crippen LogP contribution in [0.4, 0.5) is 0 Å². The number of aromatic hydroxyl groups is 1. The van der Waals surface area contributed by atoms with Crippen LogP contribution >= 0.6 is 0 Å². The van der Waals surface area contributed by atoms with E-state index >= 15 is 0 Å². The molecule has 0 heterocycles. The van der Waals surface area contributed by atoms with Gasteiger partial charge in [0.15, 0.2) is 0 Å². The first-order valence-electron chi connectivity index (χ1n) is 6.17. The van der Waals surface area contributed by atoms with Crippen LogP contribution in [0.5, 0.6) is 5.75 Å². The average molecular weight is 224 g/mol. The lowest BCUT2D eigenvalue weighted by Gasteiger charge is -2.12. The third-order valence-electron chi connectivity index (χ3n) is 3.72. The molecule has 0 spiro atoms. The largest absolute Gasteiger partial charge is 0.508 e. The minimum Gasteiger partial charge on any atom is -0.508 e. The number of hydrogen-bond donors (Lipinski definition) is 1. The van der Waals surface area contributed by atoms with Crippen molar-refractivity contribution in [3.05, 3.63) is 53.6 Å². The van der Waals surface area contributed by atoms with Gasteiger partial charge in [-0.25, -0.2) is 0 Å². The second-order valence-corrected chi connectivity index (χ2v) is 4.87. The van der Waals surface area contributed by atoms with Gasteiger partial charge >= 0.3 is 0 Å². The molecule has 1 atom stereocenters. The summed E-state index contributed by atoms with van der Waals surface area (Å²) in [5.74, 6) is 0.955. The highest BCUT2D eigenvalue weighted by Gasteiger charge is 2.18. The van der Waals surface area contributed by atoms with Gasteiger partial charge < -0.3 is 5.11 Å². The molecule has 0 saturated carbocycles. The average Bonchev–Trinajstić information content (AvgIpc) is 2.48. The van der Waals surface area contributed by atoms with Gasteiger partial charge in [-0.05, 0) is 53.1 Å². The predicted octanol–water partition coefficient (Wildman–Crippen LogP) is 4.11. The molecule has 1 aliphatic rings. The maximum absolute atomic E-state index is 9.59. The van der Waals surface area contributed by atoms with Gasteiger partial charge in [0.25, 0.3) is 0 Å². The molecule has 0 amide bonds. The van der Waals surface area contributed by atoms with Gasteiger partial charge in [-0.1, -0.05) is 37.3 Å². The number of hydrogen-bond acceptors (Lipinski definition) is 1. The molecule has 0 saturated heterocycles. The van der Waals surface area contributed by atoms with Crippen LogP contribution < -0.4 is 0 Å². The van der Waals surface area contributed by atoms with Crippen molar-refractivity contribution in [3.8, 4) is 16.9 Å². The monoisotopic (exact) mass is 224 g/mol. The number of phenolic OH excluding ortho intramolecular Hbond substituents is 1. The van der Waals surface area contributed by atoms with Crippen LogP contribution in [0.1, 0.15) is 30.4 Å². The second-order valence-electron chi connectivity index (χ2n) is 4.87. The number of aryl methyl sites for hydroxylation is 1. The van der Waals surface area contributed by atoms with E-state index in [2.05, 4.69) is 31.2 Å². The summed E-state index contributed by atoms with van der Waals surface area (Å²) >= 11 is 0. The van der Waals surface area contributed by atoms with Crippen molar-refractivity contribution in [1.29, 1.82) is 0 Å². The Morgan fingerprint density at radius 1 is 1.06 bits per heavy atom. The third kappa shape index (κ3) is 1.72. The molecule has 0 fully saturated rings. The van der Waals surface area contributed by atoms with E-state index < -0.39 is 0 Å². The molecule has 0 aromatic heterocycles. The minimum absolute atomic E-state index is 0.371. The van der Waals surface area contributed by atoms with E-state index in [9.17, 15) is 5.11 Å². The summed E-state index contributed by atoms with van der Waals surface area (Å²) in [5, 5.41) is 9.59. The summed E-state index contributed by atoms with van der Waals surface area (Å²) in [7, 11) is 0. The van der Waals surface area contributed by atoms with E-state index in [1.165, 1.54) is 22.3 Å². The molecular weight excluding hydrogens is 208 g/mol. The van der Waals surface area contributed by atoms with Crippen LogP contribution in [-0.4, -0.2) is 5.11 Å². The molecule has 3 rings (SSSR count). The third-order valence-corrected chi connectivity index (χ3v) is 3.72. The molecule has 86 valence electrons. The Kier molecular flexibility index (Phi) is 2.40. The highest BCUT2D eigenvalue weighted by Crippen LogP contribution is 2.38. The fourth-order valence-electron chi connectivity index (χ4n) is 2.75. The van der Waals surface area contributed by atoms with Crippen molar-refractivity contribution in [2.45, 2.75) is 25.7 Å². The summed E-state index contributed by atoms with van der Waals surface area (Å²) in [6.45, 7) is 2.28. The quantitative estimate of drug-likeness (QED) is 0.714. The molecule has 1 nitrogen and oxygen atoms in total. The van der Waals surface area contributed by atoms with Gasteiger partial charge in [-0.2, -0.15) is 0 Å². The normalized spacial score (nSPS) is 18.1. The smallest absolute Gasteiger partial charge is 0.115 e. The van der Waals surface area contributed by atoms with Crippen LogP contribution in [0, 0.1) is 0 Å². The van der Waals surface area contributed by atoms with Gasteiger partial charge in [-0.3, -0.25) is 0 Å². The Hall–Kier alpha value is -1.76. The van der Waals surface area contributed by atoms with Gasteiger partial charge in [0.1, 0.15) is 5.75 Å². The van der Waals surface area contributed by atoms with Crippen molar-refractivity contribution in [2.24, 2.45) is 0 Å². The summed E-state index contributed by atoms with van der Waals surface area (Å²) in [4.78, 5) is 0. The standard InChI is InChI=1S/C16H16O/c1-11-6-7-12-10-13(17)8-9-15(12)16-5-3-2-4-14(11)16/h2-5,8-11,17H,6-7H2,1H3. The summed E-state index contributed by atoms with van der Waals surface area (Å²) < 4.78 is 0. The van der Waals surface area contributed by atoms with E-state index in [1.54, 1.807) is 6.07 Å². The highest BCUT2D eigenvalue weighted by atomic mass is 16.3. The zero-order valence-electron chi connectivity index (χ0n) is 9.98. The van der Waals surface area contributed by atoms with Crippen LogP contribution in [0.2, 0.25) is 0 Å². The maximum Gasteiger partial charge on any atom is 0.115 e. The first kappa shape index (κ1) is 10.4. The molecule has 0 aliphatic heterocycles. The molecule has 17 heavy (non-hydrogen) atoms. The number of phenols is 1. The molecule has 1 aliphatic carbocycles. The molecule has 1 heteroatoms. The van der Waals surface area contributed by atoms with Crippen molar-refractivity contribution in [1.82, 2.24) is 0 Å². The zero-order valence-corrected chi connectivity index (χ0v) is 9.98. The maximum atomic E-state index is 9.59. The molecule has 1 N–H and O–H groups in total. The highest BCUT2D eigenvalue weighted by molar-refractivity contribution is 5.73. The van der Waals surface area contributed by atoms with Crippen molar-refractivity contribution in [2.75, 3.05) is 0 Å². The lowest BCUT2D eigenvalue weighted by Crippen LogP contribution is -1.93. The summed E-state index contributed by atoms with van der Waals surface area (Å²) in [5.41, 5.74) is 5.30. The Morgan fingerprint density at radius 3 is 2.76 bits per heavy atom. The minimum atomic E-state index is 0.371. The molecule has 2 aromatic rings. The van der Waals surface area contributed by atoms with Gasteiger partial charge in [-0.15, -0.1) is 0 Å². The van der Waals surface area contributed by atoms with Crippen LogP contribution in [0.15, 0.2) is 42.5 Å². The van der Waals surface area contributed by atoms with Crippen LogP contribution in [0.25, 0.3) is 11.1 Å². The summed E-state index contributed by atoms with van der Waals surface area (Å²) in [6, 6.07) is 14.3. The second kappa shape index (κ2) is 3.92. The van der Waals surface area contributed by atoms with E-state index in [1.807, 2.05) is 12.1 Å². The molecular formula is C16H16O. The van der Waals surface area contributed by atoms with E-state index in [0.717, 1.165) is 12.8 Å². The fourth-order valence-corrected chi connectivity index (χ4v) is 2.75. The van der Waals surface area contributed by atoms with Crippen molar-refractivity contribution >= 4 is 0 Å². The summed E-state index contributed by atoms with van der Waals surface area (Å²) in [6.07, 6.45) is 2.19. The molecule has 1 unspecified atom stereocenters. The fraction of sp³-hybridized carbons (Fsp3) is 0.250. The lowest BCUT2D eigenvalue weighted by molar-refractivity contribution is 0.474. The van der Waals surface area contributed by atoms with Crippen LogP contribution in [-0.2, 0) is 6.42 Å². The van der Waals surface area contributed by atoms with Gasteiger partial charge in [0.05, 0.1) is 0 Å². The first-order chi connectivity index (χ1) is 8.25. The van der Waals surface area contributed by atoms with E-state index in [4.69, 9.17) is 0 Å². The zero-order chi connectivity index (χ0) is 11.8. The van der Waals surface area contributed by atoms with Gasteiger partial charge in [0, 0.05) is 0 Å². The van der Waals surface area contributed by atoms with Crippen molar-refractivity contribution < 1.29 is 5.11 Å². The van der Waals surface area contributed by atoms with E-state index in [0.29, 0.717) is 11.7 Å². The topological polar surface area (TPSA) is 20.2 Å². The number of rotatable bonds is 0. The Bertz CT molecular complexity index is 557.